The number of carbonyl (C=O) groups is 1. The van der Waals surface area contributed by atoms with Crippen LogP contribution >= 0.6 is 0 Å². The third-order valence-electron chi connectivity index (χ3n) is 3.59. The Bertz CT molecular complexity index is 983. The third-order valence-corrected chi connectivity index (χ3v) is 3.59. The molecule has 3 aromatic rings. The van der Waals surface area contributed by atoms with Gasteiger partial charge in [0.2, 0.25) is 0 Å². The summed E-state index contributed by atoms with van der Waals surface area (Å²) < 4.78 is 0. The lowest BCUT2D eigenvalue weighted by molar-refractivity contribution is -0.131. The topological polar surface area (TPSA) is 130 Å². The number of aromatic amines is 1. The number of nitrogens with two attached hydrogens (primary N) is 2. The summed E-state index contributed by atoms with van der Waals surface area (Å²) in [6.45, 7) is 0. The molecule has 1 heterocycles. The molecule has 1 aromatic heterocycles. The molecular weight excluding hydrogens is 330 g/mol. The lowest BCUT2D eigenvalue weighted by Gasteiger charge is -2.01. The van der Waals surface area contributed by atoms with E-state index >= 15 is 0 Å². The van der Waals surface area contributed by atoms with E-state index < -0.39 is 5.97 Å². The number of guanidine groups is 1. The molecule has 130 valence electrons. The number of aromatic nitrogens is 2. The Morgan fingerprint density at radius 3 is 2.58 bits per heavy atom. The summed E-state index contributed by atoms with van der Waals surface area (Å²) in [5, 5.41) is 8.66. The van der Waals surface area contributed by atoms with Gasteiger partial charge in [-0.25, -0.2) is 14.8 Å². The van der Waals surface area contributed by atoms with Gasteiger partial charge in [-0.2, -0.15) is 0 Å². The van der Waals surface area contributed by atoms with E-state index in [2.05, 4.69) is 15.0 Å². The van der Waals surface area contributed by atoms with Crippen LogP contribution in [0.5, 0.6) is 0 Å². The summed E-state index contributed by atoms with van der Waals surface area (Å²) >= 11 is 0. The van der Waals surface area contributed by atoms with Gasteiger partial charge in [0.25, 0.3) is 0 Å². The van der Waals surface area contributed by atoms with Crippen LogP contribution in [-0.4, -0.2) is 27.0 Å². The number of nitrogens with zero attached hydrogens (tertiary/aromatic N) is 2. The van der Waals surface area contributed by atoms with E-state index in [1.54, 1.807) is 18.3 Å². The van der Waals surface area contributed by atoms with Crippen molar-refractivity contribution in [3.05, 3.63) is 66.4 Å². The molecule has 7 heteroatoms. The Morgan fingerprint density at radius 2 is 1.88 bits per heavy atom. The SMILES string of the molecule is NC(N)=Nc1cccc(-c2ncc(-c3ccc(C=CC(=O)O)cc3)[nH]2)c1. The molecule has 0 aliphatic rings. The molecule has 0 fully saturated rings. The van der Waals surface area contributed by atoms with Gasteiger partial charge in [0.15, 0.2) is 5.96 Å². The van der Waals surface area contributed by atoms with Gasteiger partial charge in [0, 0.05) is 11.6 Å². The van der Waals surface area contributed by atoms with Crippen LogP contribution in [-0.2, 0) is 4.79 Å². The molecule has 0 spiro atoms. The molecule has 7 nitrogen and oxygen atoms in total. The number of hydrogen-bond acceptors (Lipinski definition) is 3. The van der Waals surface area contributed by atoms with E-state index in [4.69, 9.17) is 16.6 Å². The van der Waals surface area contributed by atoms with E-state index in [0.29, 0.717) is 11.5 Å². The minimum atomic E-state index is -0.977. The second-order valence-electron chi connectivity index (χ2n) is 5.53. The molecule has 3 rings (SSSR count). The van der Waals surface area contributed by atoms with Gasteiger partial charge in [-0.05, 0) is 29.3 Å². The highest BCUT2D eigenvalue weighted by atomic mass is 16.4. The van der Waals surface area contributed by atoms with Crippen LogP contribution in [0.3, 0.4) is 0 Å². The molecule has 0 saturated heterocycles. The van der Waals surface area contributed by atoms with E-state index in [9.17, 15) is 4.79 Å². The molecule has 0 atom stereocenters. The van der Waals surface area contributed by atoms with Crippen LogP contribution < -0.4 is 11.5 Å². The quantitative estimate of drug-likeness (QED) is 0.320. The minimum Gasteiger partial charge on any atom is -0.478 e. The van der Waals surface area contributed by atoms with Gasteiger partial charge < -0.3 is 21.6 Å². The number of aliphatic imine (C=N–C) groups is 1. The average molecular weight is 347 g/mol. The highest BCUT2D eigenvalue weighted by molar-refractivity contribution is 5.85. The summed E-state index contributed by atoms with van der Waals surface area (Å²) in [4.78, 5) is 22.3. The molecule has 0 amide bonds. The number of H-pyrrole nitrogens is 1. The normalized spacial score (nSPS) is 10.8. The van der Waals surface area contributed by atoms with Crippen LogP contribution in [0.1, 0.15) is 5.56 Å². The predicted octanol–water partition coefficient (Wildman–Crippen LogP) is 2.75. The molecule has 0 saturated carbocycles. The number of carboxylic acids is 1. The fraction of sp³-hybridized carbons (Fsp3) is 0. The van der Waals surface area contributed by atoms with Gasteiger partial charge in [-0.15, -0.1) is 0 Å². The lowest BCUT2D eigenvalue weighted by atomic mass is 10.1. The molecule has 26 heavy (non-hydrogen) atoms. The van der Waals surface area contributed by atoms with E-state index in [1.165, 1.54) is 0 Å². The zero-order valence-corrected chi connectivity index (χ0v) is 13.8. The first kappa shape index (κ1) is 17.0. The first-order chi connectivity index (χ1) is 12.5. The van der Waals surface area contributed by atoms with E-state index in [-0.39, 0.29) is 5.96 Å². The number of benzene rings is 2. The highest BCUT2D eigenvalue weighted by Crippen LogP contribution is 2.25. The van der Waals surface area contributed by atoms with Crippen molar-refractivity contribution in [1.82, 2.24) is 9.97 Å². The zero-order valence-electron chi connectivity index (χ0n) is 13.8. The zero-order chi connectivity index (χ0) is 18.5. The maximum Gasteiger partial charge on any atom is 0.328 e. The third kappa shape index (κ3) is 4.15. The highest BCUT2D eigenvalue weighted by Gasteiger charge is 2.06. The standard InChI is InChI=1S/C19H17N5O2/c20-19(21)23-15-3-1-2-14(10-15)18-22-11-16(24-18)13-7-4-12(5-8-13)6-9-17(25)26/h1-11H,(H,22,24)(H,25,26)(H4,20,21,23). The van der Waals surface area contributed by atoms with E-state index in [1.807, 2.05) is 42.5 Å². The molecular formula is C19H17N5O2. The van der Waals surface area contributed by atoms with Crippen molar-refractivity contribution in [3.63, 3.8) is 0 Å². The Labute approximate surface area is 149 Å². The summed E-state index contributed by atoms with van der Waals surface area (Å²) in [6, 6.07) is 14.9. The summed E-state index contributed by atoms with van der Waals surface area (Å²) in [6.07, 6.45) is 4.39. The number of hydrogen-bond donors (Lipinski definition) is 4. The molecule has 2 aromatic carbocycles. The lowest BCUT2D eigenvalue weighted by Crippen LogP contribution is -2.21. The van der Waals surface area contributed by atoms with Crippen molar-refractivity contribution in [1.29, 1.82) is 0 Å². The largest absolute Gasteiger partial charge is 0.478 e. The number of aliphatic carboxylic acids is 1. The second kappa shape index (κ2) is 7.35. The van der Waals surface area contributed by atoms with E-state index in [0.717, 1.165) is 28.5 Å². The molecule has 0 aliphatic heterocycles. The van der Waals surface area contributed by atoms with Crippen LogP contribution in [0.25, 0.3) is 28.7 Å². The maximum atomic E-state index is 10.6. The van der Waals surface area contributed by atoms with Crippen LogP contribution in [0, 0.1) is 0 Å². The average Bonchev–Trinajstić information content (AvgIpc) is 3.10. The van der Waals surface area contributed by atoms with Crippen LogP contribution in [0.4, 0.5) is 5.69 Å². The summed E-state index contributed by atoms with van der Waals surface area (Å²) in [5.41, 5.74) is 14.9. The number of rotatable bonds is 5. The number of nitrogens with one attached hydrogen (secondary N) is 1. The van der Waals surface area contributed by atoms with Crippen molar-refractivity contribution < 1.29 is 9.90 Å². The molecule has 0 aliphatic carbocycles. The molecule has 0 radical (unpaired) electrons. The fourth-order valence-corrected chi connectivity index (χ4v) is 2.43. The summed E-state index contributed by atoms with van der Waals surface area (Å²) in [7, 11) is 0. The molecule has 0 bridgehead atoms. The monoisotopic (exact) mass is 347 g/mol. The Balaban J connectivity index is 1.84. The Morgan fingerprint density at radius 1 is 1.12 bits per heavy atom. The van der Waals surface area contributed by atoms with Crippen LogP contribution in [0.15, 0.2) is 65.8 Å². The molecule has 6 N–H and O–H groups in total. The molecule has 0 unspecified atom stereocenters. The Kier molecular flexibility index (Phi) is 4.80. The van der Waals surface area contributed by atoms with Crippen molar-refractivity contribution >= 4 is 23.7 Å². The predicted molar refractivity (Wildman–Crippen MR) is 102 cm³/mol. The fourth-order valence-electron chi connectivity index (χ4n) is 2.43. The van der Waals surface area contributed by atoms with Crippen LogP contribution in [0.2, 0.25) is 0 Å². The smallest absolute Gasteiger partial charge is 0.328 e. The second-order valence-corrected chi connectivity index (χ2v) is 5.53. The van der Waals surface area contributed by atoms with Crippen molar-refractivity contribution in [2.75, 3.05) is 0 Å². The first-order valence-corrected chi connectivity index (χ1v) is 7.78. The number of imidazole rings is 1. The maximum absolute atomic E-state index is 10.6. The van der Waals surface area contributed by atoms with Gasteiger partial charge in [0.05, 0.1) is 17.6 Å². The first-order valence-electron chi connectivity index (χ1n) is 7.78. The van der Waals surface area contributed by atoms with Gasteiger partial charge in [-0.3, -0.25) is 0 Å². The van der Waals surface area contributed by atoms with Crippen molar-refractivity contribution in [2.24, 2.45) is 16.5 Å². The summed E-state index contributed by atoms with van der Waals surface area (Å²) in [5.74, 6) is -0.281. The van der Waals surface area contributed by atoms with Crippen molar-refractivity contribution in [2.45, 2.75) is 0 Å². The van der Waals surface area contributed by atoms with Gasteiger partial charge >= 0.3 is 5.97 Å². The van der Waals surface area contributed by atoms with Crippen molar-refractivity contribution in [3.8, 4) is 22.6 Å². The van der Waals surface area contributed by atoms with Gasteiger partial charge in [0.1, 0.15) is 5.82 Å². The van der Waals surface area contributed by atoms with Gasteiger partial charge in [-0.1, -0.05) is 36.4 Å². The minimum absolute atomic E-state index is 0.000628. The number of carboxylic acid groups (broad SMARTS) is 1. The Hall–Kier alpha value is -3.87.